The van der Waals surface area contributed by atoms with Gasteiger partial charge in [0.1, 0.15) is 5.54 Å². The molecule has 22 heavy (non-hydrogen) atoms. The summed E-state index contributed by atoms with van der Waals surface area (Å²) in [5.74, 6) is -0.668. The van der Waals surface area contributed by atoms with Crippen molar-refractivity contribution in [1.29, 1.82) is 0 Å². The predicted octanol–water partition coefficient (Wildman–Crippen LogP) is 2.79. The molecule has 0 aliphatic rings. The van der Waals surface area contributed by atoms with Crippen LogP contribution in [0.1, 0.15) is 17.5 Å². The third kappa shape index (κ3) is 3.93. The summed E-state index contributed by atoms with van der Waals surface area (Å²) < 4.78 is 37.2. The number of hydrogen-bond donors (Lipinski definition) is 2. The second-order valence-corrected chi connectivity index (χ2v) is 5.41. The number of nitrogens with two attached hydrogens (primary N) is 1. The quantitative estimate of drug-likeness (QED) is 0.890. The van der Waals surface area contributed by atoms with Crippen molar-refractivity contribution in [3.05, 3.63) is 40.9 Å². The Kier molecular flexibility index (Phi) is 5.49. The maximum Gasteiger partial charge on any atom is 0.445 e. The lowest BCUT2D eigenvalue weighted by Crippen LogP contribution is -2.45. The van der Waals surface area contributed by atoms with E-state index in [1.54, 1.807) is 30.3 Å². The molecule has 0 bridgehead atoms. The van der Waals surface area contributed by atoms with Crippen LogP contribution in [0.5, 0.6) is 0 Å². The van der Waals surface area contributed by atoms with Crippen LogP contribution in [0.3, 0.4) is 0 Å². The third-order valence-electron chi connectivity index (χ3n) is 2.73. The number of hydrogen-bond acceptors (Lipinski definition) is 5. The number of nitrogens with one attached hydrogen (secondary N) is 1. The fourth-order valence-electron chi connectivity index (χ4n) is 1.53. The molecule has 0 radical (unpaired) electrons. The molecule has 1 atom stereocenters. The van der Waals surface area contributed by atoms with Crippen molar-refractivity contribution in [3.63, 3.8) is 0 Å². The van der Waals surface area contributed by atoms with E-state index >= 15 is 0 Å². The summed E-state index contributed by atoms with van der Waals surface area (Å²) in [6, 6.07) is 8.49. The molecule has 3 N–H and O–H groups in total. The van der Waals surface area contributed by atoms with Gasteiger partial charge in [0.15, 0.2) is 0 Å². The topological polar surface area (TPSA) is 80.9 Å². The van der Waals surface area contributed by atoms with Crippen molar-refractivity contribution in [3.8, 4) is 0 Å². The fraction of sp³-hybridized carbons (Fsp3) is 0.250. The molecule has 0 spiro atoms. The first-order valence-electron chi connectivity index (χ1n) is 5.78. The SMILES string of the molecule is CC(N)(C(=O)Nc1nnc(C(F)(F)F)s1)c1ccccc1.Cl. The summed E-state index contributed by atoms with van der Waals surface area (Å²) in [5.41, 5.74) is 5.08. The van der Waals surface area contributed by atoms with Crippen LogP contribution < -0.4 is 11.1 Å². The van der Waals surface area contributed by atoms with E-state index in [0.29, 0.717) is 5.56 Å². The van der Waals surface area contributed by atoms with E-state index in [1.807, 2.05) is 0 Å². The summed E-state index contributed by atoms with van der Waals surface area (Å²) in [7, 11) is 0. The maximum atomic E-state index is 12.4. The van der Waals surface area contributed by atoms with Crippen LogP contribution in [-0.4, -0.2) is 16.1 Å². The first-order chi connectivity index (χ1) is 9.71. The zero-order valence-corrected chi connectivity index (χ0v) is 12.9. The number of carbonyl (C=O) groups excluding carboxylic acids is 1. The molecule has 0 saturated carbocycles. The van der Waals surface area contributed by atoms with Crippen LogP contribution in [-0.2, 0) is 16.5 Å². The molecule has 1 unspecified atom stereocenters. The van der Waals surface area contributed by atoms with Gasteiger partial charge in [0.2, 0.25) is 10.1 Å². The molecular formula is C12H12ClF3N4OS. The highest BCUT2D eigenvalue weighted by atomic mass is 35.5. The van der Waals surface area contributed by atoms with E-state index in [-0.39, 0.29) is 28.9 Å². The predicted molar refractivity (Wildman–Crippen MR) is 78.8 cm³/mol. The van der Waals surface area contributed by atoms with Gasteiger partial charge in [-0.15, -0.1) is 22.6 Å². The van der Waals surface area contributed by atoms with Crippen molar-refractivity contribution in [2.45, 2.75) is 18.6 Å². The zero-order chi connectivity index (χ0) is 15.7. The smallest absolute Gasteiger partial charge is 0.314 e. The average molecular weight is 353 g/mol. The lowest BCUT2D eigenvalue weighted by Gasteiger charge is -2.23. The van der Waals surface area contributed by atoms with Gasteiger partial charge in [0.05, 0.1) is 0 Å². The Labute approximate surface area is 134 Å². The Morgan fingerprint density at radius 3 is 2.32 bits per heavy atom. The molecule has 2 aromatic rings. The number of carbonyl (C=O) groups is 1. The molecule has 1 aromatic carbocycles. The molecule has 0 saturated heterocycles. The number of amides is 1. The maximum absolute atomic E-state index is 12.4. The number of anilines is 1. The van der Waals surface area contributed by atoms with Crippen molar-refractivity contribution in [2.75, 3.05) is 5.32 Å². The van der Waals surface area contributed by atoms with Gasteiger partial charge in [-0.05, 0) is 12.5 Å². The minimum Gasteiger partial charge on any atom is -0.314 e. The minimum atomic E-state index is -4.59. The molecule has 0 fully saturated rings. The number of aromatic nitrogens is 2. The number of benzene rings is 1. The Morgan fingerprint density at radius 1 is 1.23 bits per heavy atom. The van der Waals surface area contributed by atoms with Crippen LogP contribution >= 0.6 is 23.7 Å². The molecule has 5 nitrogen and oxygen atoms in total. The highest BCUT2D eigenvalue weighted by Crippen LogP contribution is 2.33. The molecule has 1 heterocycles. The summed E-state index contributed by atoms with van der Waals surface area (Å²) in [6.45, 7) is 1.46. The number of nitrogens with zero attached hydrogens (tertiary/aromatic N) is 2. The number of rotatable bonds is 3. The lowest BCUT2D eigenvalue weighted by molar-refractivity contribution is -0.138. The van der Waals surface area contributed by atoms with E-state index in [1.165, 1.54) is 6.92 Å². The van der Waals surface area contributed by atoms with Crippen LogP contribution in [0.4, 0.5) is 18.3 Å². The minimum absolute atomic E-state index is 0. The van der Waals surface area contributed by atoms with Gasteiger partial charge < -0.3 is 5.73 Å². The molecule has 1 aromatic heterocycles. The second kappa shape index (κ2) is 6.59. The van der Waals surface area contributed by atoms with Crippen molar-refractivity contribution >= 4 is 34.8 Å². The summed E-state index contributed by atoms with van der Waals surface area (Å²) in [5, 5.41) is 7.15. The highest BCUT2D eigenvalue weighted by Gasteiger charge is 2.37. The Hall–Kier alpha value is -1.71. The van der Waals surface area contributed by atoms with E-state index in [0.717, 1.165) is 0 Å². The second-order valence-electron chi connectivity index (χ2n) is 4.43. The average Bonchev–Trinajstić information content (AvgIpc) is 2.88. The van der Waals surface area contributed by atoms with Crippen molar-refractivity contribution in [1.82, 2.24) is 10.2 Å². The highest BCUT2D eigenvalue weighted by molar-refractivity contribution is 7.15. The Bertz CT molecular complexity index is 645. The largest absolute Gasteiger partial charge is 0.445 e. The molecule has 120 valence electrons. The molecule has 1 amide bonds. The van der Waals surface area contributed by atoms with Crippen molar-refractivity contribution < 1.29 is 18.0 Å². The summed E-state index contributed by atoms with van der Waals surface area (Å²) in [4.78, 5) is 12.1. The van der Waals surface area contributed by atoms with Gasteiger partial charge in [-0.25, -0.2) is 0 Å². The van der Waals surface area contributed by atoms with Crippen molar-refractivity contribution in [2.24, 2.45) is 5.73 Å². The number of alkyl halides is 3. The van der Waals surface area contributed by atoms with Crippen LogP contribution in [0, 0.1) is 0 Å². The van der Waals surface area contributed by atoms with Crippen LogP contribution in [0.25, 0.3) is 0 Å². The number of halogens is 4. The third-order valence-corrected chi connectivity index (χ3v) is 3.62. The first-order valence-corrected chi connectivity index (χ1v) is 6.59. The Morgan fingerprint density at radius 2 is 1.82 bits per heavy atom. The Balaban J connectivity index is 0.00000242. The standard InChI is InChI=1S/C12H11F3N4OS.ClH/c1-11(16,7-5-3-2-4-6-7)8(20)17-10-19-18-9(21-10)12(13,14)15;/h2-6H,16H2,1H3,(H,17,19,20);1H. The van der Waals surface area contributed by atoms with Gasteiger partial charge in [0, 0.05) is 0 Å². The first kappa shape index (κ1) is 18.3. The lowest BCUT2D eigenvalue weighted by atomic mass is 9.92. The van der Waals surface area contributed by atoms with Gasteiger partial charge >= 0.3 is 6.18 Å². The van der Waals surface area contributed by atoms with E-state index < -0.39 is 22.6 Å². The molecular weight excluding hydrogens is 341 g/mol. The van der Waals surface area contributed by atoms with E-state index in [9.17, 15) is 18.0 Å². The van der Waals surface area contributed by atoms with E-state index in [4.69, 9.17) is 5.73 Å². The molecule has 10 heteroatoms. The van der Waals surface area contributed by atoms with E-state index in [2.05, 4.69) is 15.5 Å². The molecule has 0 aliphatic heterocycles. The van der Waals surface area contributed by atoms with Crippen LogP contribution in [0.2, 0.25) is 0 Å². The summed E-state index contributed by atoms with van der Waals surface area (Å²) >= 11 is 0.245. The van der Waals surface area contributed by atoms with Gasteiger partial charge in [-0.1, -0.05) is 41.7 Å². The molecule has 0 aliphatic carbocycles. The fourth-order valence-corrected chi connectivity index (χ4v) is 2.14. The molecule has 2 rings (SSSR count). The van der Waals surface area contributed by atoms with Crippen LogP contribution in [0.15, 0.2) is 30.3 Å². The van der Waals surface area contributed by atoms with Gasteiger partial charge in [0.25, 0.3) is 5.91 Å². The summed E-state index contributed by atoms with van der Waals surface area (Å²) in [6.07, 6.45) is -4.59. The zero-order valence-electron chi connectivity index (χ0n) is 11.2. The monoisotopic (exact) mass is 352 g/mol. The van der Waals surface area contributed by atoms with Gasteiger partial charge in [-0.3, -0.25) is 10.1 Å². The normalized spacial score (nSPS) is 13.9. The van der Waals surface area contributed by atoms with Gasteiger partial charge in [-0.2, -0.15) is 13.2 Å².